The van der Waals surface area contributed by atoms with Gasteiger partial charge in [-0.15, -0.1) is 0 Å². The minimum absolute atomic E-state index is 0.177. The average molecular weight is 390 g/mol. The van der Waals surface area contributed by atoms with Crippen LogP contribution in [-0.2, 0) is 6.42 Å². The van der Waals surface area contributed by atoms with E-state index in [0.717, 1.165) is 55.7 Å². The van der Waals surface area contributed by atoms with Crippen molar-refractivity contribution in [3.8, 4) is 11.3 Å². The van der Waals surface area contributed by atoms with Crippen LogP contribution in [-0.4, -0.2) is 38.7 Å². The molecule has 29 heavy (non-hydrogen) atoms. The van der Waals surface area contributed by atoms with Crippen LogP contribution >= 0.6 is 0 Å². The maximum atomic E-state index is 9.79. The fourth-order valence-electron chi connectivity index (χ4n) is 3.66. The number of anilines is 2. The molecule has 2 heterocycles. The van der Waals surface area contributed by atoms with Gasteiger partial charge in [-0.05, 0) is 49.8 Å². The molecule has 0 spiro atoms. The molecular formula is C23H27N5O. The molecule has 3 N–H and O–H groups in total. The average Bonchev–Trinajstić information content (AvgIpc) is 2.77. The molecule has 0 atom stereocenters. The summed E-state index contributed by atoms with van der Waals surface area (Å²) in [5, 5.41) is 16.7. The Balaban J connectivity index is 1.49. The Morgan fingerprint density at radius 1 is 0.931 bits per heavy atom. The summed E-state index contributed by atoms with van der Waals surface area (Å²) >= 11 is 0. The smallest absolute Gasteiger partial charge is 0.224 e. The maximum absolute atomic E-state index is 9.79. The summed E-state index contributed by atoms with van der Waals surface area (Å²) in [6.07, 6.45) is 7.86. The third-order valence-electron chi connectivity index (χ3n) is 5.31. The number of aromatic nitrogens is 3. The van der Waals surface area contributed by atoms with Crippen molar-refractivity contribution in [1.29, 1.82) is 0 Å². The van der Waals surface area contributed by atoms with Gasteiger partial charge in [-0.3, -0.25) is 4.98 Å². The predicted octanol–water partition coefficient (Wildman–Crippen LogP) is 3.91. The van der Waals surface area contributed by atoms with E-state index >= 15 is 0 Å². The van der Waals surface area contributed by atoms with Gasteiger partial charge in [0, 0.05) is 25.0 Å². The molecular weight excluding hydrogens is 362 g/mol. The second-order valence-corrected chi connectivity index (χ2v) is 7.48. The van der Waals surface area contributed by atoms with Crippen LogP contribution in [0.5, 0.6) is 0 Å². The summed E-state index contributed by atoms with van der Waals surface area (Å²) in [6.45, 7) is 0.766. The fraction of sp³-hybridized carbons (Fsp3) is 0.348. The van der Waals surface area contributed by atoms with E-state index in [2.05, 4.69) is 44.9 Å². The summed E-state index contributed by atoms with van der Waals surface area (Å²) < 4.78 is 0. The topological polar surface area (TPSA) is 83.0 Å². The second kappa shape index (κ2) is 9.47. The first kappa shape index (κ1) is 19.3. The van der Waals surface area contributed by atoms with E-state index in [-0.39, 0.29) is 6.10 Å². The van der Waals surface area contributed by atoms with Gasteiger partial charge in [-0.1, -0.05) is 36.4 Å². The molecule has 2 aromatic heterocycles. The minimum Gasteiger partial charge on any atom is -0.393 e. The van der Waals surface area contributed by atoms with Crippen molar-refractivity contribution in [3.63, 3.8) is 0 Å². The van der Waals surface area contributed by atoms with E-state index in [0.29, 0.717) is 12.0 Å². The quantitative estimate of drug-likeness (QED) is 0.568. The molecule has 150 valence electrons. The Bertz CT molecular complexity index is 896. The van der Waals surface area contributed by atoms with E-state index in [1.165, 1.54) is 5.56 Å². The summed E-state index contributed by atoms with van der Waals surface area (Å²) in [5.74, 6) is 1.40. The number of aliphatic hydroxyl groups is 1. The molecule has 0 amide bonds. The van der Waals surface area contributed by atoms with Crippen molar-refractivity contribution in [2.24, 2.45) is 0 Å². The number of nitrogens with zero attached hydrogens (tertiary/aromatic N) is 3. The molecule has 0 aliphatic heterocycles. The molecule has 1 aliphatic carbocycles. The van der Waals surface area contributed by atoms with Crippen molar-refractivity contribution < 1.29 is 5.11 Å². The second-order valence-electron chi connectivity index (χ2n) is 7.48. The molecule has 3 aromatic rings. The number of pyridine rings is 1. The number of rotatable bonds is 7. The highest BCUT2D eigenvalue weighted by atomic mass is 16.3. The number of hydrogen-bond acceptors (Lipinski definition) is 6. The van der Waals surface area contributed by atoms with Crippen LogP contribution < -0.4 is 10.6 Å². The lowest BCUT2D eigenvalue weighted by molar-refractivity contribution is 0.126. The van der Waals surface area contributed by atoms with Gasteiger partial charge in [-0.2, -0.15) is 4.98 Å². The number of benzene rings is 1. The number of hydrogen-bond donors (Lipinski definition) is 3. The van der Waals surface area contributed by atoms with Gasteiger partial charge in [0.25, 0.3) is 0 Å². The standard InChI is InChI=1S/C23H27N5O/c29-19-11-9-18(10-12-19)27-22-20(21-8-4-5-14-24-21)16-26-23(28-22)25-15-13-17-6-2-1-3-7-17/h1-8,14,16,18-19,29H,9-13,15H2,(H2,25,26,27,28)/t18-,19-. The van der Waals surface area contributed by atoms with Crippen molar-refractivity contribution in [1.82, 2.24) is 15.0 Å². The van der Waals surface area contributed by atoms with Crippen LogP contribution in [0.2, 0.25) is 0 Å². The van der Waals surface area contributed by atoms with Crippen molar-refractivity contribution >= 4 is 11.8 Å². The fourth-order valence-corrected chi connectivity index (χ4v) is 3.66. The Morgan fingerprint density at radius 3 is 2.48 bits per heavy atom. The van der Waals surface area contributed by atoms with Gasteiger partial charge < -0.3 is 15.7 Å². The first-order chi connectivity index (χ1) is 14.3. The van der Waals surface area contributed by atoms with Crippen LogP contribution in [0.1, 0.15) is 31.2 Å². The first-order valence-corrected chi connectivity index (χ1v) is 10.3. The third-order valence-corrected chi connectivity index (χ3v) is 5.31. The minimum atomic E-state index is -0.177. The largest absolute Gasteiger partial charge is 0.393 e. The number of aliphatic hydroxyl groups excluding tert-OH is 1. The Labute approximate surface area is 171 Å². The van der Waals surface area contributed by atoms with Gasteiger partial charge in [0.2, 0.25) is 5.95 Å². The monoisotopic (exact) mass is 389 g/mol. The summed E-state index contributed by atoms with van der Waals surface area (Å²) in [7, 11) is 0. The highest BCUT2D eigenvalue weighted by molar-refractivity contribution is 5.72. The van der Waals surface area contributed by atoms with Crippen LogP contribution in [0, 0.1) is 0 Å². The first-order valence-electron chi connectivity index (χ1n) is 10.3. The van der Waals surface area contributed by atoms with Gasteiger partial charge in [0.1, 0.15) is 5.82 Å². The molecule has 0 unspecified atom stereocenters. The molecule has 1 fully saturated rings. The van der Waals surface area contributed by atoms with E-state index < -0.39 is 0 Å². The van der Waals surface area contributed by atoms with Crippen molar-refractivity contribution in [2.75, 3.05) is 17.2 Å². The lowest BCUT2D eigenvalue weighted by Gasteiger charge is -2.27. The zero-order chi connectivity index (χ0) is 19.9. The summed E-state index contributed by atoms with van der Waals surface area (Å²) in [6, 6.07) is 16.5. The molecule has 1 saturated carbocycles. The Hall–Kier alpha value is -2.99. The lowest BCUT2D eigenvalue weighted by atomic mass is 9.93. The SMILES string of the molecule is O[C@H]1CC[C@H](Nc2nc(NCCc3ccccc3)ncc2-c2ccccn2)CC1. The molecule has 6 heteroatoms. The Morgan fingerprint density at radius 2 is 1.72 bits per heavy atom. The van der Waals surface area contributed by atoms with Gasteiger partial charge in [-0.25, -0.2) is 4.98 Å². The summed E-state index contributed by atoms with van der Waals surface area (Å²) in [4.78, 5) is 13.7. The molecule has 0 saturated heterocycles. The van der Waals surface area contributed by atoms with E-state index in [9.17, 15) is 5.11 Å². The zero-order valence-electron chi connectivity index (χ0n) is 16.5. The molecule has 4 rings (SSSR count). The maximum Gasteiger partial charge on any atom is 0.224 e. The normalized spacial score (nSPS) is 18.9. The van der Waals surface area contributed by atoms with E-state index in [4.69, 9.17) is 4.98 Å². The summed E-state index contributed by atoms with van der Waals surface area (Å²) in [5.41, 5.74) is 3.02. The van der Waals surface area contributed by atoms with Crippen LogP contribution in [0.25, 0.3) is 11.3 Å². The predicted molar refractivity (Wildman–Crippen MR) is 116 cm³/mol. The molecule has 6 nitrogen and oxygen atoms in total. The lowest BCUT2D eigenvalue weighted by Crippen LogP contribution is -2.29. The zero-order valence-corrected chi connectivity index (χ0v) is 16.5. The van der Waals surface area contributed by atoms with Crippen molar-refractivity contribution in [3.05, 3.63) is 66.5 Å². The third kappa shape index (κ3) is 5.29. The molecule has 0 bridgehead atoms. The van der Waals surface area contributed by atoms with Crippen LogP contribution in [0.4, 0.5) is 11.8 Å². The highest BCUT2D eigenvalue weighted by Gasteiger charge is 2.21. The van der Waals surface area contributed by atoms with Crippen LogP contribution in [0.3, 0.4) is 0 Å². The van der Waals surface area contributed by atoms with Crippen molar-refractivity contribution in [2.45, 2.75) is 44.2 Å². The van der Waals surface area contributed by atoms with E-state index in [1.807, 2.05) is 30.5 Å². The molecule has 1 aromatic carbocycles. The van der Waals surface area contributed by atoms with Gasteiger partial charge >= 0.3 is 0 Å². The molecule has 0 radical (unpaired) electrons. The van der Waals surface area contributed by atoms with Gasteiger partial charge in [0.15, 0.2) is 0 Å². The molecule has 1 aliphatic rings. The van der Waals surface area contributed by atoms with Gasteiger partial charge in [0.05, 0.1) is 17.4 Å². The number of nitrogens with one attached hydrogen (secondary N) is 2. The Kier molecular flexibility index (Phi) is 6.32. The highest BCUT2D eigenvalue weighted by Crippen LogP contribution is 2.28. The van der Waals surface area contributed by atoms with E-state index in [1.54, 1.807) is 6.20 Å². The van der Waals surface area contributed by atoms with Crippen LogP contribution in [0.15, 0.2) is 60.9 Å².